The fraction of sp³-hybridized carbons (Fsp3) is 0.304. The third-order valence-corrected chi connectivity index (χ3v) is 11.0. The van der Waals surface area contributed by atoms with Gasteiger partial charge in [0.2, 0.25) is 0 Å². The monoisotopic (exact) mass is 460 g/mol. The minimum atomic E-state index is -0.791. The summed E-state index contributed by atoms with van der Waals surface area (Å²) in [6.07, 6.45) is 3.65. The van der Waals surface area contributed by atoms with Gasteiger partial charge in [0.05, 0.1) is 0 Å². The van der Waals surface area contributed by atoms with Crippen LogP contribution in [0.5, 0.6) is 0 Å². The van der Waals surface area contributed by atoms with E-state index in [1.807, 2.05) is 0 Å². The topological polar surface area (TPSA) is 0 Å². The number of fused-ring (bicyclic) bond motifs is 3. The molecule has 134 valence electrons. The molecule has 2 aliphatic rings. The summed E-state index contributed by atoms with van der Waals surface area (Å²) in [6, 6.07) is 13.5. The molecular formula is C23H24Cl2Zr. The summed E-state index contributed by atoms with van der Waals surface area (Å²) < 4.78 is 3.46. The van der Waals surface area contributed by atoms with E-state index in [-0.39, 0.29) is 30.2 Å². The quantitative estimate of drug-likeness (QED) is 0.609. The van der Waals surface area contributed by atoms with Crippen molar-refractivity contribution in [3.8, 4) is 0 Å². The van der Waals surface area contributed by atoms with E-state index >= 15 is 0 Å². The zero-order valence-electron chi connectivity index (χ0n) is 16.0. The number of rotatable bonds is 2. The first-order valence-corrected chi connectivity index (χ1v) is 11.2. The van der Waals surface area contributed by atoms with Crippen LogP contribution < -0.4 is 24.8 Å². The minimum Gasteiger partial charge on any atom is -1.00 e. The molecule has 0 N–H and O–H groups in total. The Hall–Kier alpha value is -0.617. The number of benzene rings is 2. The van der Waals surface area contributed by atoms with Crippen LogP contribution in [0.2, 0.25) is 0 Å². The summed E-state index contributed by atoms with van der Waals surface area (Å²) in [4.78, 5) is 0. The van der Waals surface area contributed by atoms with Gasteiger partial charge in [-0.05, 0) is 0 Å². The van der Waals surface area contributed by atoms with E-state index in [1.54, 1.807) is 23.3 Å². The molecule has 2 aromatic carbocycles. The maximum absolute atomic E-state index is 2.53. The molecule has 0 spiro atoms. The van der Waals surface area contributed by atoms with Gasteiger partial charge in [0.15, 0.2) is 0 Å². The SMILES string of the molecule is CC1=C(C)C(C)(C)[C]([Zr+2][C]2=CCc3ccc4ccccc4c32)=C1C.[Cl-].[Cl-]. The molecule has 2 aliphatic carbocycles. The molecule has 0 unspecified atom stereocenters. The van der Waals surface area contributed by atoms with E-state index in [0.717, 1.165) is 6.42 Å². The molecule has 3 heteroatoms. The van der Waals surface area contributed by atoms with Gasteiger partial charge in [-0.2, -0.15) is 0 Å². The van der Waals surface area contributed by atoms with Crippen LogP contribution in [0.3, 0.4) is 0 Å². The zero-order valence-corrected chi connectivity index (χ0v) is 20.0. The second-order valence-electron chi connectivity index (χ2n) is 7.64. The van der Waals surface area contributed by atoms with Crippen LogP contribution in [0, 0.1) is 5.41 Å². The Morgan fingerprint density at radius 2 is 1.58 bits per heavy atom. The molecule has 0 fully saturated rings. The molecule has 2 aromatic rings. The minimum absolute atomic E-state index is 0. The van der Waals surface area contributed by atoms with Crippen LogP contribution in [0.4, 0.5) is 0 Å². The van der Waals surface area contributed by atoms with Gasteiger partial charge in [-0.15, -0.1) is 0 Å². The Bertz CT molecular complexity index is 961. The average Bonchev–Trinajstić information content (AvgIpc) is 3.05. The molecule has 0 aromatic heterocycles. The van der Waals surface area contributed by atoms with E-state index in [0.29, 0.717) is 0 Å². The van der Waals surface area contributed by atoms with Crippen LogP contribution in [0.15, 0.2) is 62.5 Å². The van der Waals surface area contributed by atoms with Gasteiger partial charge in [-0.3, -0.25) is 0 Å². The summed E-state index contributed by atoms with van der Waals surface area (Å²) in [5.41, 5.74) is 8.05. The molecule has 0 heterocycles. The summed E-state index contributed by atoms with van der Waals surface area (Å²) in [5.74, 6) is 0. The van der Waals surface area contributed by atoms with E-state index in [4.69, 9.17) is 0 Å². The van der Waals surface area contributed by atoms with Crippen molar-refractivity contribution >= 4 is 14.1 Å². The third kappa shape index (κ3) is 3.21. The summed E-state index contributed by atoms with van der Waals surface area (Å²) in [6.45, 7) is 11.8. The van der Waals surface area contributed by atoms with Gasteiger partial charge in [0, 0.05) is 0 Å². The van der Waals surface area contributed by atoms with E-state index in [2.05, 4.69) is 77.1 Å². The van der Waals surface area contributed by atoms with Crippen molar-refractivity contribution in [1.82, 2.24) is 0 Å². The van der Waals surface area contributed by atoms with Crippen LogP contribution in [0.1, 0.15) is 45.7 Å². The zero-order chi connectivity index (χ0) is 17.1. The van der Waals surface area contributed by atoms with Gasteiger partial charge >= 0.3 is 157 Å². The normalized spacial score (nSPS) is 17.5. The van der Waals surface area contributed by atoms with E-state index in [9.17, 15) is 0 Å². The maximum Gasteiger partial charge on any atom is -1.00 e. The molecule has 0 radical (unpaired) electrons. The summed E-state index contributed by atoms with van der Waals surface area (Å²) in [7, 11) is 0. The first-order valence-electron chi connectivity index (χ1n) is 8.79. The largest absolute Gasteiger partial charge is 1.00 e. The number of halogens is 2. The van der Waals surface area contributed by atoms with Crippen LogP contribution in [-0.4, -0.2) is 0 Å². The molecular weight excluding hydrogens is 438 g/mol. The van der Waals surface area contributed by atoms with Crippen molar-refractivity contribution in [2.24, 2.45) is 5.41 Å². The first-order chi connectivity index (χ1) is 11.4. The predicted molar refractivity (Wildman–Crippen MR) is 100 cm³/mol. The van der Waals surface area contributed by atoms with Gasteiger partial charge < -0.3 is 24.8 Å². The second kappa shape index (κ2) is 7.78. The molecule has 0 saturated carbocycles. The fourth-order valence-electron chi connectivity index (χ4n) is 4.21. The van der Waals surface area contributed by atoms with Crippen LogP contribution in [0.25, 0.3) is 14.1 Å². The van der Waals surface area contributed by atoms with Crippen molar-refractivity contribution in [2.75, 3.05) is 0 Å². The summed E-state index contributed by atoms with van der Waals surface area (Å²) in [5, 5.41) is 2.83. The Morgan fingerprint density at radius 3 is 2.23 bits per heavy atom. The Labute approximate surface area is 181 Å². The molecule has 26 heavy (non-hydrogen) atoms. The van der Waals surface area contributed by atoms with Gasteiger partial charge in [-0.1, -0.05) is 0 Å². The molecule has 0 nitrogen and oxygen atoms in total. The van der Waals surface area contributed by atoms with E-state index < -0.39 is 23.2 Å². The Balaban J connectivity index is 0.00000121. The van der Waals surface area contributed by atoms with Crippen molar-refractivity contribution in [3.05, 3.63) is 73.6 Å². The average molecular weight is 463 g/mol. The Kier molecular flexibility index (Phi) is 6.49. The van der Waals surface area contributed by atoms with Crippen molar-refractivity contribution in [1.29, 1.82) is 0 Å². The molecule has 0 aliphatic heterocycles. The molecule has 0 saturated heterocycles. The number of hydrogen-bond donors (Lipinski definition) is 0. The smallest absolute Gasteiger partial charge is 1.00 e. The first kappa shape index (κ1) is 21.7. The second-order valence-corrected chi connectivity index (χ2v) is 10.8. The predicted octanol–water partition coefficient (Wildman–Crippen LogP) is 0.478. The third-order valence-electron chi connectivity index (χ3n) is 6.13. The molecule has 0 atom stereocenters. The number of allylic oxidation sites excluding steroid dienone is 5. The van der Waals surface area contributed by atoms with Gasteiger partial charge in [0.1, 0.15) is 0 Å². The number of hydrogen-bond acceptors (Lipinski definition) is 0. The summed E-state index contributed by atoms with van der Waals surface area (Å²) >= 11 is -0.791. The van der Waals surface area contributed by atoms with Gasteiger partial charge in [-0.25, -0.2) is 0 Å². The van der Waals surface area contributed by atoms with Crippen molar-refractivity contribution in [2.45, 2.75) is 41.0 Å². The molecule has 4 rings (SSSR count). The standard InChI is InChI=1S/C13H9.C10H15.2ClH.Zr/c1-2-6-12-10(4-1)8-9-11-5-3-7-13(11)12;1-7-6-10(4,5)9(3)8(7)2;;;/h1-4,6,8-9H,5H2;1-5H3;2*1H;/q;;;;+2/p-2. The maximum atomic E-state index is 2.53. The van der Waals surface area contributed by atoms with Crippen molar-refractivity contribution in [3.63, 3.8) is 0 Å². The van der Waals surface area contributed by atoms with E-state index in [1.165, 1.54) is 21.9 Å². The van der Waals surface area contributed by atoms with Crippen molar-refractivity contribution < 1.29 is 48.0 Å². The van der Waals surface area contributed by atoms with Crippen LogP contribution in [-0.2, 0) is 29.7 Å². The fourth-order valence-corrected chi connectivity index (χ4v) is 8.56. The van der Waals surface area contributed by atoms with Gasteiger partial charge in [0.25, 0.3) is 0 Å². The Morgan fingerprint density at radius 1 is 0.885 bits per heavy atom. The van der Waals surface area contributed by atoms with Crippen LogP contribution >= 0.6 is 0 Å². The molecule has 0 bridgehead atoms. The molecule has 0 amide bonds.